The van der Waals surface area contributed by atoms with E-state index in [2.05, 4.69) is 46.9 Å². The lowest BCUT2D eigenvalue weighted by atomic mass is 10.2. The molecule has 0 saturated carbocycles. The van der Waals surface area contributed by atoms with Crippen molar-refractivity contribution in [2.45, 2.75) is 20.4 Å². The van der Waals surface area contributed by atoms with Crippen molar-refractivity contribution in [3.05, 3.63) is 81.6 Å². The summed E-state index contributed by atoms with van der Waals surface area (Å²) in [4.78, 5) is 16.8. The van der Waals surface area contributed by atoms with E-state index in [1.165, 1.54) is 11.3 Å². The molecule has 2 heterocycles. The third kappa shape index (κ3) is 3.48. The van der Waals surface area contributed by atoms with E-state index < -0.39 is 0 Å². The van der Waals surface area contributed by atoms with Crippen LogP contribution in [0.15, 0.2) is 54.6 Å². The minimum atomic E-state index is -0.106. The molecule has 27 heavy (non-hydrogen) atoms. The number of thiazole rings is 1. The highest BCUT2D eigenvalue weighted by Gasteiger charge is 2.13. The van der Waals surface area contributed by atoms with Gasteiger partial charge in [-0.2, -0.15) is 0 Å². The topological polar surface area (TPSA) is 46.9 Å². The van der Waals surface area contributed by atoms with E-state index in [0.29, 0.717) is 16.6 Å². The predicted octanol–water partition coefficient (Wildman–Crippen LogP) is 5.29. The van der Waals surface area contributed by atoms with Gasteiger partial charge in [0.15, 0.2) is 4.47 Å². The summed E-state index contributed by atoms with van der Waals surface area (Å²) in [5.41, 5.74) is 5.92. The lowest BCUT2D eigenvalue weighted by Gasteiger charge is -2.10. The first-order chi connectivity index (χ1) is 13.0. The standard InChI is InChI=1S/C21H18ClN3OS/c1-13-10-16(14(2)25(13)17-6-4-3-5-7-17)12-23-20(26)15-8-9-18-19(11-15)27-21(22)24-18/h3-11H,12H2,1-2H3,(H,23,26). The van der Waals surface area contributed by atoms with Crippen LogP contribution in [-0.2, 0) is 6.54 Å². The van der Waals surface area contributed by atoms with Crippen LogP contribution in [0.1, 0.15) is 27.3 Å². The van der Waals surface area contributed by atoms with Gasteiger partial charge in [0.2, 0.25) is 0 Å². The molecule has 0 unspecified atom stereocenters. The molecule has 2 aromatic carbocycles. The fraction of sp³-hybridized carbons (Fsp3) is 0.143. The summed E-state index contributed by atoms with van der Waals surface area (Å²) >= 11 is 7.32. The second-order valence-electron chi connectivity index (χ2n) is 6.40. The van der Waals surface area contributed by atoms with Gasteiger partial charge in [-0.05, 0) is 55.8 Å². The number of para-hydroxylation sites is 1. The number of hydrogen-bond acceptors (Lipinski definition) is 3. The van der Waals surface area contributed by atoms with E-state index >= 15 is 0 Å². The Morgan fingerprint density at radius 1 is 1.15 bits per heavy atom. The van der Waals surface area contributed by atoms with Crippen LogP contribution in [0.25, 0.3) is 15.9 Å². The van der Waals surface area contributed by atoms with Crippen LogP contribution in [0, 0.1) is 13.8 Å². The Morgan fingerprint density at radius 3 is 2.70 bits per heavy atom. The van der Waals surface area contributed by atoms with Crippen molar-refractivity contribution in [2.75, 3.05) is 0 Å². The van der Waals surface area contributed by atoms with Gasteiger partial charge in [0.25, 0.3) is 5.91 Å². The van der Waals surface area contributed by atoms with Crippen LogP contribution in [0.4, 0.5) is 0 Å². The second kappa shape index (κ2) is 7.18. The SMILES string of the molecule is Cc1cc(CNC(=O)c2ccc3nc(Cl)sc3c2)c(C)n1-c1ccccc1. The zero-order valence-electron chi connectivity index (χ0n) is 15.0. The van der Waals surface area contributed by atoms with Crippen LogP contribution in [0.3, 0.4) is 0 Å². The number of halogens is 1. The molecule has 6 heteroatoms. The highest BCUT2D eigenvalue weighted by atomic mass is 35.5. The maximum Gasteiger partial charge on any atom is 0.251 e. The van der Waals surface area contributed by atoms with Crippen molar-refractivity contribution in [1.82, 2.24) is 14.9 Å². The second-order valence-corrected chi connectivity index (χ2v) is 8.01. The molecular weight excluding hydrogens is 378 g/mol. The van der Waals surface area contributed by atoms with E-state index in [1.807, 2.05) is 30.3 Å². The fourth-order valence-electron chi connectivity index (χ4n) is 3.30. The number of fused-ring (bicyclic) bond motifs is 1. The van der Waals surface area contributed by atoms with Crippen LogP contribution in [-0.4, -0.2) is 15.5 Å². The van der Waals surface area contributed by atoms with Crippen molar-refractivity contribution in [1.29, 1.82) is 0 Å². The smallest absolute Gasteiger partial charge is 0.251 e. The van der Waals surface area contributed by atoms with Gasteiger partial charge in [-0.1, -0.05) is 29.8 Å². The number of carbonyl (C=O) groups excluding carboxylic acids is 1. The Morgan fingerprint density at radius 2 is 1.93 bits per heavy atom. The third-order valence-corrected chi connectivity index (χ3v) is 5.74. The Balaban J connectivity index is 1.53. The molecule has 0 spiro atoms. The molecule has 0 saturated heterocycles. The van der Waals surface area contributed by atoms with Crippen molar-refractivity contribution >= 4 is 39.1 Å². The van der Waals surface area contributed by atoms with Gasteiger partial charge < -0.3 is 9.88 Å². The highest BCUT2D eigenvalue weighted by Crippen LogP contribution is 2.26. The van der Waals surface area contributed by atoms with Crippen LogP contribution >= 0.6 is 22.9 Å². The average Bonchev–Trinajstić information content (AvgIpc) is 3.17. The van der Waals surface area contributed by atoms with Crippen molar-refractivity contribution < 1.29 is 4.79 Å². The summed E-state index contributed by atoms with van der Waals surface area (Å²) < 4.78 is 3.60. The minimum absolute atomic E-state index is 0.106. The number of amides is 1. The normalized spacial score (nSPS) is 11.1. The fourth-order valence-corrected chi connectivity index (χ4v) is 4.37. The molecule has 0 aliphatic heterocycles. The quantitative estimate of drug-likeness (QED) is 0.510. The van der Waals surface area contributed by atoms with Crippen LogP contribution in [0.5, 0.6) is 0 Å². The molecule has 0 bridgehead atoms. The number of aromatic nitrogens is 2. The van der Waals surface area contributed by atoms with Gasteiger partial charge >= 0.3 is 0 Å². The summed E-state index contributed by atoms with van der Waals surface area (Å²) in [7, 11) is 0. The molecule has 4 nitrogen and oxygen atoms in total. The number of nitrogens with one attached hydrogen (secondary N) is 1. The molecule has 1 N–H and O–H groups in total. The molecular formula is C21H18ClN3OS. The Hall–Kier alpha value is -2.63. The zero-order chi connectivity index (χ0) is 19.0. The monoisotopic (exact) mass is 395 g/mol. The maximum absolute atomic E-state index is 12.6. The zero-order valence-corrected chi connectivity index (χ0v) is 16.6. The molecule has 4 aromatic rings. The first-order valence-corrected chi connectivity index (χ1v) is 9.80. The summed E-state index contributed by atoms with van der Waals surface area (Å²) in [5.74, 6) is -0.106. The number of hydrogen-bond donors (Lipinski definition) is 1. The number of benzene rings is 2. The third-order valence-electron chi connectivity index (χ3n) is 4.61. The van der Waals surface area contributed by atoms with Crippen molar-refractivity contribution in [3.8, 4) is 5.69 Å². The first-order valence-electron chi connectivity index (χ1n) is 8.60. The largest absolute Gasteiger partial charge is 0.348 e. The Labute approximate surface area is 166 Å². The van der Waals surface area contributed by atoms with Gasteiger partial charge in [-0.15, -0.1) is 11.3 Å². The van der Waals surface area contributed by atoms with Gasteiger partial charge in [0, 0.05) is 29.2 Å². The van der Waals surface area contributed by atoms with Crippen LogP contribution in [0.2, 0.25) is 4.47 Å². The number of aryl methyl sites for hydroxylation is 1. The number of nitrogens with zero attached hydrogens (tertiary/aromatic N) is 2. The molecule has 0 aliphatic carbocycles. The van der Waals surface area contributed by atoms with E-state index in [-0.39, 0.29) is 5.91 Å². The van der Waals surface area contributed by atoms with Gasteiger partial charge in [-0.3, -0.25) is 4.79 Å². The van der Waals surface area contributed by atoms with Crippen LogP contribution < -0.4 is 5.32 Å². The molecule has 136 valence electrons. The Bertz CT molecular complexity index is 1130. The lowest BCUT2D eigenvalue weighted by Crippen LogP contribution is -2.23. The molecule has 0 fully saturated rings. The number of carbonyl (C=O) groups is 1. The van der Waals surface area contributed by atoms with Crippen molar-refractivity contribution in [2.24, 2.45) is 0 Å². The van der Waals surface area contributed by atoms with E-state index in [0.717, 1.165) is 32.9 Å². The summed E-state index contributed by atoms with van der Waals surface area (Å²) in [6.07, 6.45) is 0. The number of rotatable bonds is 4. The van der Waals surface area contributed by atoms with E-state index in [9.17, 15) is 4.79 Å². The van der Waals surface area contributed by atoms with E-state index in [1.54, 1.807) is 6.07 Å². The summed E-state index contributed by atoms with van der Waals surface area (Å²) in [6.45, 7) is 4.63. The Kier molecular flexibility index (Phi) is 4.72. The molecule has 1 amide bonds. The average molecular weight is 396 g/mol. The maximum atomic E-state index is 12.6. The molecule has 4 rings (SSSR count). The first kappa shape index (κ1) is 17.8. The highest BCUT2D eigenvalue weighted by molar-refractivity contribution is 7.22. The lowest BCUT2D eigenvalue weighted by molar-refractivity contribution is 0.0951. The molecule has 0 radical (unpaired) electrons. The van der Waals surface area contributed by atoms with Gasteiger partial charge in [0.05, 0.1) is 10.2 Å². The van der Waals surface area contributed by atoms with Crippen molar-refractivity contribution in [3.63, 3.8) is 0 Å². The molecule has 0 atom stereocenters. The predicted molar refractivity (Wildman–Crippen MR) is 111 cm³/mol. The van der Waals surface area contributed by atoms with E-state index in [4.69, 9.17) is 11.6 Å². The van der Waals surface area contributed by atoms with Gasteiger partial charge in [-0.25, -0.2) is 4.98 Å². The molecule has 2 aromatic heterocycles. The minimum Gasteiger partial charge on any atom is -0.348 e. The molecule has 0 aliphatic rings. The van der Waals surface area contributed by atoms with Gasteiger partial charge in [0.1, 0.15) is 0 Å². The summed E-state index contributed by atoms with van der Waals surface area (Å²) in [6, 6.07) is 17.8. The summed E-state index contributed by atoms with van der Waals surface area (Å²) in [5, 5.41) is 3.02.